The summed E-state index contributed by atoms with van der Waals surface area (Å²) >= 11 is 0. The van der Waals surface area contributed by atoms with Crippen molar-refractivity contribution in [3.63, 3.8) is 0 Å². The summed E-state index contributed by atoms with van der Waals surface area (Å²) in [5.74, 6) is 1.53. The van der Waals surface area contributed by atoms with Gasteiger partial charge in [0, 0.05) is 30.3 Å². The molecule has 6 aliphatic rings. The minimum absolute atomic E-state index is 0.0863. The molecular weight excluding hydrogens is 544 g/mol. The van der Waals surface area contributed by atoms with Crippen LogP contribution in [-0.2, 0) is 19.0 Å². The van der Waals surface area contributed by atoms with E-state index >= 15 is 0 Å². The molecule has 0 aromatic heterocycles. The van der Waals surface area contributed by atoms with E-state index < -0.39 is 17.8 Å². The van der Waals surface area contributed by atoms with Crippen LogP contribution in [0.25, 0.3) is 0 Å². The molecule has 13 unspecified atom stereocenters. The lowest BCUT2D eigenvalue weighted by atomic mass is 9.37. The molecule has 43 heavy (non-hydrogen) atoms. The molecule has 0 aromatic rings. The molecule has 246 valence electrons. The monoisotopic (exact) mass is 604 g/mol. The SMILES string of the molecule is COC1OC(C(O)C(C)(C)O)CC1C1CCC23CC12CCC1C2(C)CCC(OC(=O)CC(C)C)C(C)(C)C2CC(O)C13C. The van der Waals surface area contributed by atoms with Crippen molar-refractivity contribution in [3.8, 4) is 0 Å². The third kappa shape index (κ3) is 4.33. The third-order valence-electron chi connectivity index (χ3n) is 14.9. The Hall–Kier alpha value is -0.730. The van der Waals surface area contributed by atoms with E-state index in [9.17, 15) is 20.1 Å². The normalized spacial score (nSPS) is 50.8. The van der Waals surface area contributed by atoms with E-state index in [0.717, 1.165) is 38.5 Å². The van der Waals surface area contributed by atoms with Crippen molar-refractivity contribution >= 4 is 5.97 Å². The van der Waals surface area contributed by atoms with Gasteiger partial charge in [-0.25, -0.2) is 0 Å². The summed E-state index contributed by atoms with van der Waals surface area (Å²) < 4.78 is 18.3. The molecule has 1 saturated heterocycles. The highest BCUT2D eigenvalue weighted by atomic mass is 16.7. The van der Waals surface area contributed by atoms with Gasteiger partial charge in [0.15, 0.2) is 6.29 Å². The maximum Gasteiger partial charge on any atom is 0.306 e. The summed E-state index contributed by atoms with van der Waals surface area (Å²) in [6.07, 6.45) is 7.27. The molecule has 13 atom stereocenters. The fourth-order valence-corrected chi connectivity index (χ4v) is 13.0. The van der Waals surface area contributed by atoms with Gasteiger partial charge in [-0.3, -0.25) is 4.79 Å². The lowest BCUT2D eigenvalue weighted by Gasteiger charge is -2.68. The second-order valence-electron chi connectivity index (χ2n) is 18.0. The predicted octanol–water partition coefficient (Wildman–Crippen LogP) is 5.86. The van der Waals surface area contributed by atoms with Gasteiger partial charge in [-0.2, -0.15) is 0 Å². The minimum atomic E-state index is -1.24. The molecule has 0 amide bonds. The van der Waals surface area contributed by atoms with E-state index in [4.69, 9.17) is 14.2 Å². The van der Waals surface area contributed by atoms with Gasteiger partial charge in [-0.15, -0.1) is 0 Å². The van der Waals surface area contributed by atoms with Crippen molar-refractivity contribution in [1.29, 1.82) is 0 Å². The van der Waals surface area contributed by atoms with Crippen LogP contribution in [0.5, 0.6) is 0 Å². The molecule has 7 nitrogen and oxygen atoms in total. The number of hydrogen-bond acceptors (Lipinski definition) is 7. The topological polar surface area (TPSA) is 105 Å². The van der Waals surface area contributed by atoms with Crippen LogP contribution in [0.1, 0.15) is 120 Å². The van der Waals surface area contributed by atoms with Crippen molar-refractivity contribution in [2.45, 2.75) is 156 Å². The zero-order valence-electron chi connectivity index (χ0n) is 28.3. The Kier molecular flexibility index (Phi) is 7.59. The van der Waals surface area contributed by atoms with Gasteiger partial charge in [-0.05, 0) is 112 Å². The van der Waals surface area contributed by atoms with Crippen LogP contribution < -0.4 is 0 Å². The standard InChI is InChI=1S/C36H60O7/c1-20(2)16-28(38)43-27-12-13-33(7)24-11-14-35-19-36(35,34(24,8)26(37)18-25(33)31(27,3)4)15-10-22(35)21-17-23(42-30(21)41-9)29(39)32(5,6)40/h20-27,29-30,37,39-40H,10-19H2,1-9H3. The number of carbonyl (C=O) groups is 1. The van der Waals surface area contributed by atoms with Gasteiger partial charge in [0.05, 0.1) is 17.8 Å². The number of hydrogen-bond donors (Lipinski definition) is 3. The highest BCUT2D eigenvalue weighted by molar-refractivity contribution is 5.69. The number of aliphatic hydroxyl groups is 3. The number of methoxy groups -OCH3 is 1. The van der Waals surface area contributed by atoms with Crippen LogP contribution in [-0.4, -0.2) is 64.7 Å². The molecule has 0 bridgehead atoms. The Morgan fingerprint density at radius 2 is 1.72 bits per heavy atom. The second kappa shape index (κ2) is 10.1. The predicted molar refractivity (Wildman–Crippen MR) is 164 cm³/mol. The van der Waals surface area contributed by atoms with E-state index in [1.807, 2.05) is 0 Å². The fraction of sp³-hybridized carbons (Fsp3) is 0.972. The maximum absolute atomic E-state index is 12.7. The van der Waals surface area contributed by atoms with Crippen molar-refractivity contribution in [1.82, 2.24) is 0 Å². The van der Waals surface area contributed by atoms with Crippen LogP contribution in [0.15, 0.2) is 0 Å². The van der Waals surface area contributed by atoms with Crippen LogP contribution >= 0.6 is 0 Å². The molecule has 5 saturated carbocycles. The quantitative estimate of drug-likeness (QED) is 0.313. The molecular formula is C36H60O7. The number of esters is 1. The van der Waals surface area contributed by atoms with Crippen LogP contribution in [0.2, 0.25) is 0 Å². The summed E-state index contributed by atoms with van der Waals surface area (Å²) in [7, 11) is 1.70. The molecule has 6 fully saturated rings. The molecule has 1 aliphatic heterocycles. The zero-order valence-corrected chi connectivity index (χ0v) is 28.3. The minimum Gasteiger partial charge on any atom is -0.462 e. The summed E-state index contributed by atoms with van der Waals surface area (Å²) in [5.41, 5.74) is -1.20. The van der Waals surface area contributed by atoms with Crippen LogP contribution in [0.3, 0.4) is 0 Å². The van der Waals surface area contributed by atoms with Crippen LogP contribution in [0.4, 0.5) is 0 Å². The number of carbonyl (C=O) groups excluding carboxylic acids is 1. The smallest absolute Gasteiger partial charge is 0.306 e. The van der Waals surface area contributed by atoms with Gasteiger partial charge in [0.25, 0.3) is 0 Å². The Bertz CT molecular complexity index is 1100. The fourth-order valence-electron chi connectivity index (χ4n) is 13.0. The Balaban J connectivity index is 1.25. The van der Waals surface area contributed by atoms with Crippen LogP contribution in [0, 0.1) is 56.7 Å². The van der Waals surface area contributed by atoms with Gasteiger partial charge < -0.3 is 29.5 Å². The summed E-state index contributed by atoms with van der Waals surface area (Å²) in [5, 5.41) is 33.7. The highest BCUT2D eigenvalue weighted by Crippen LogP contribution is 2.91. The molecule has 0 aromatic carbocycles. The van der Waals surface area contributed by atoms with E-state index in [-0.39, 0.29) is 63.4 Å². The van der Waals surface area contributed by atoms with Gasteiger partial charge in [0.1, 0.15) is 12.2 Å². The first-order valence-electron chi connectivity index (χ1n) is 17.4. The summed E-state index contributed by atoms with van der Waals surface area (Å²) in [6, 6.07) is 0. The first-order chi connectivity index (χ1) is 19.9. The third-order valence-corrected chi connectivity index (χ3v) is 14.9. The maximum atomic E-state index is 12.7. The second-order valence-corrected chi connectivity index (χ2v) is 18.0. The number of fused-ring (bicyclic) bond motifs is 3. The highest BCUT2D eigenvalue weighted by Gasteiger charge is 2.86. The average molecular weight is 605 g/mol. The lowest BCUT2D eigenvalue weighted by molar-refractivity contribution is -0.246. The van der Waals surface area contributed by atoms with E-state index in [2.05, 4.69) is 41.5 Å². The molecule has 1 heterocycles. The molecule has 7 heteroatoms. The largest absolute Gasteiger partial charge is 0.462 e. The number of aliphatic hydroxyl groups excluding tert-OH is 2. The van der Waals surface area contributed by atoms with E-state index in [0.29, 0.717) is 30.6 Å². The molecule has 0 radical (unpaired) electrons. The van der Waals surface area contributed by atoms with Crippen molar-refractivity contribution in [2.75, 3.05) is 7.11 Å². The van der Waals surface area contributed by atoms with Crippen molar-refractivity contribution in [2.24, 2.45) is 56.7 Å². The lowest BCUT2D eigenvalue weighted by Crippen LogP contribution is -2.66. The average Bonchev–Trinajstić information content (AvgIpc) is 3.23. The van der Waals surface area contributed by atoms with Gasteiger partial charge in [-0.1, -0.05) is 41.5 Å². The zero-order chi connectivity index (χ0) is 31.5. The number of rotatable bonds is 7. The first kappa shape index (κ1) is 32.2. The Morgan fingerprint density at radius 3 is 2.35 bits per heavy atom. The summed E-state index contributed by atoms with van der Waals surface area (Å²) in [6.45, 7) is 16.9. The van der Waals surface area contributed by atoms with E-state index in [1.54, 1.807) is 21.0 Å². The van der Waals surface area contributed by atoms with Gasteiger partial charge >= 0.3 is 5.97 Å². The van der Waals surface area contributed by atoms with E-state index in [1.165, 1.54) is 12.8 Å². The number of ether oxygens (including phenoxy) is 3. The molecule has 6 rings (SSSR count). The van der Waals surface area contributed by atoms with Crippen molar-refractivity contribution in [3.05, 3.63) is 0 Å². The molecule has 0 spiro atoms. The van der Waals surface area contributed by atoms with Crippen molar-refractivity contribution < 1.29 is 34.3 Å². The summed E-state index contributed by atoms with van der Waals surface area (Å²) in [4.78, 5) is 12.7. The first-order valence-corrected chi connectivity index (χ1v) is 17.4. The van der Waals surface area contributed by atoms with Gasteiger partial charge in [0.2, 0.25) is 0 Å². The Morgan fingerprint density at radius 1 is 1.02 bits per heavy atom. The molecule has 5 aliphatic carbocycles. The molecule has 3 N–H and O–H groups in total. The Labute approximate surface area is 259 Å².